The molecular formula is C53H31BF24O3S. The summed E-state index contributed by atoms with van der Waals surface area (Å²) in [6.07, 6.45) is -54.8. The lowest BCUT2D eigenvalue weighted by Gasteiger charge is -2.46. The molecule has 7 aromatic rings. The van der Waals surface area contributed by atoms with E-state index in [0.717, 1.165) is 15.4 Å². The molecule has 7 rings (SSSR count). The van der Waals surface area contributed by atoms with Crippen LogP contribution in [0.5, 0.6) is 5.75 Å². The summed E-state index contributed by atoms with van der Waals surface area (Å²) in [5.74, 6) is 0.522. The molecule has 7 aromatic carbocycles. The van der Waals surface area contributed by atoms with Crippen molar-refractivity contribution in [1.82, 2.24) is 0 Å². The van der Waals surface area contributed by atoms with E-state index in [2.05, 4.69) is 0 Å². The largest absolute Gasteiger partial charge is 0.427 e. The van der Waals surface area contributed by atoms with Gasteiger partial charge in [-0.1, -0.05) is 101 Å². The smallest absolute Gasteiger partial charge is 0.416 e. The van der Waals surface area contributed by atoms with Gasteiger partial charge < -0.3 is 4.74 Å². The van der Waals surface area contributed by atoms with Crippen molar-refractivity contribution in [2.45, 2.75) is 71.9 Å². The van der Waals surface area contributed by atoms with Crippen LogP contribution >= 0.6 is 0 Å². The second-order valence-corrected chi connectivity index (χ2v) is 20.5. The molecule has 0 radical (unpaired) electrons. The van der Waals surface area contributed by atoms with E-state index in [4.69, 9.17) is 4.74 Å². The minimum absolute atomic E-state index is 0.356. The zero-order valence-corrected chi connectivity index (χ0v) is 41.3. The Morgan fingerprint density at radius 3 is 0.768 bits per heavy atom. The summed E-state index contributed by atoms with van der Waals surface area (Å²) in [4.78, 5) is 12.6. The maximum Gasteiger partial charge on any atom is 0.416 e. The highest BCUT2D eigenvalue weighted by atomic mass is 32.2. The normalized spacial score (nSPS) is 13.3. The number of carbonyl (C=O) groups is 1. The van der Waals surface area contributed by atoms with E-state index in [1.807, 2.05) is 72.8 Å². The highest BCUT2D eigenvalue weighted by molar-refractivity contribution is 8.02. The monoisotopic (exact) mass is 1210 g/mol. The van der Waals surface area contributed by atoms with Crippen LogP contribution in [0.25, 0.3) is 0 Å². The minimum Gasteiger partial charge on any atom is -0.427 e. The number of hydrogen-bond donors (Lipinski definition) is 0. The molecule has 0 unspecified atom stereocenters. The number of benzene rings is 7. The van der Waals surface area contributed by atoms with E-state index in [9.17, 15) is 114 Å². The lowest BCUT2D eigenvalue weighted by molar-refractivity contribution is -0.144. The summed E-state index contributed by atoms with van der Waals surface area (Å²) in [5, 5.41) is 0. The Morgan fingerprint density at radius 1 is 0.354 bits per heavy atom. The second kappa shape index (κ2) is 22.4. The summed E-state index contributed by atoms with van der Waals surface area (Å²) in [6.45, 7) is 1.37. The van der Waals surface area contributed by atoms with Crippen LogP contribution in [-0.4, -0.2) is 12.1 Å². The van der Waals surface area contributed by atoms with Crippen LogP contribution in [0.3, 0.4) is 0 Å². The minimum atomic E-state index is -6.13. The van der Waals surface area contributed by atoms with Gasteiger partial charge in [0.25, 0.3) is 0 Å². The highest BCUT2D eigenvalue weighted by Crippen LogP contribution is 2.42. The number of carbonyl (C=O) groups excluding carboxylic acids is 1. The Hall–Kier alpha value is -7.46. The lowest BCUT2D eigenvalue weighted by atomic mass is 9.12. The molecule has 438 valence electrons. The summed E-state index contributed by atoms with van der Waals surface area (Å²) in [7, 11) is -2.44. The van der Waals surface area contributed by atoms with Gasteiger partial charge in [0.15, 0.2) is 19.7 Å². The Labute approximate surface area is 447 Å². The first kappa shape index (κ1) is 63.7. The van der Waals surface area contributed by atoms with Crippen LogP contribution < -0.4 is 26.6 Å². The molecule has 0 spiro atoms. The zero-order chi connectivity index (χ0) is 61.6. The van der Waals surface area contributed by atoms with Gasteiger partial charge in [-0.05, 0) is 60.7 Å². The molecule has 82 heavy (non-hydrogen) atoms. The number of alkyl halides is 24. The van der Waals surface area contributed by atoms with Gasteiger partial charge >= 0.3 is 55.4 Å². The number of ether oxygens (including phenoxy) is 1. The highest BCUT2D eigenvalue weighted by Gasteiger charge is 2.47. The predicted octanol–water partition coefficient (Wildman–Crippen LogP) is 15.9. The van der Waals surface area contributed by atoms with Gasteiger partial charge in [0.05, 0.1) is 44.5 Å². The van der Waals surface area contributed by atoms with Crippen LogP contribution in [0.15, 0.2) is 168 Å². The zero-order valence-electron chi connectivity index (χ0n) is 40.5. The molecule has 0 fully saturated rings. The molecule has 0 aliphatic heterocycles. The first-order chi connectivity index (χ1) is 37.3. The van der Waals surface area contributed by atoms with Crippen LogP contribution in [-0.2, 0) is 74.1 Å². The summed E-state index contributed by atoms with van der Waals surface area (Å²) in [6, 6.07) is 17.4. The number of halogens is 24. The van der Waals surface area contributed by atoms with Gasteiger partial charge in [0, 0.05) is 12.5 Å². The Kier molecular flexibility index (Phi) is 17.4. The number of esters is 1. The van der Waals surface area contributed by atoms with Crippen molar-refractivity contribution in [3.05, 3.63) is 208 Å². The van der Waals surface area contributed by atoms with Crippen LogP contribution in [0.4, 0.5) is 105 Å². The molecule has 0 saturated heterocycles. The Balaban J connectivity index is 0.000000357. The molecule has 0 N–H and O–H groups in total. The SMILES string of the molecule is CC(=O)Oc1ccc(C[S+](=O)(c2ccccc2)c2ccccc2)cc1.FC(F)(F)c1cc([B-](c2cc(C(F)(F)F)cc(C(F)(F)F)c2)(c2cc(C(F)(F)F)cc(C(F)(F)F)c2)c2cc(C(F)(F)F)cc(C(F)(F)F)c2)cc(C(F)(F)F)c1. The molecule has 0 atom stereocenters. The van der Waals surface area contributed by atoms with Crippen molar-refractivity contribution >= 4 is 43.9 Å². The lowest BCUT2D eigenvalue weighted by Crippen LogP contribution is -2.75. The van der Waals surface area contributed by atoms with Crippen molar-refractivity contribution in [3.8, 4) is 5.75 Å². The van der Waals surface area contributed by atoms with Crippen molar-refractivity contribution in [2.24, 2.45) is 0 Å². The van der Waals surface area contributed by atoms with Gasteiger partial charge in [0.2, 0.25) is 0 Å². The van der Waals surface area contributed by atoms with Crippen molar-refractivity contribution in [3.63, 3.8) is 0 Å². The van der Waals surface area contributed by atoms with E-state index in [1.54, 1.807) is 12.1 Å². The molecule has 0 saturated carbocycles. The van der Waals surface area contributed by atoms with Crippen molar-refractivity contribution < 1.29 is 119 Å². The molecule has 29 heteroatoms. The Morgan fingerprint density at radius 2 is 0.573 bits per heavy atom. The van der Waals surface area contributed by atoms with Crippen LogP contribution in [0.1, 0.15) is 57.0 Å². The van der Waals surface area contributed by atoms with Gasteiger partial charge in [-0.15, -0.1) is 0 Å². The third-order valence-corrected chi connectivity index (χ3v) is 15.0. The van der Waals surface area contributed by atoms with E-state index < -0.39 is 205 Å². The first-order valence-corrected chi connectivity index (χ1v) is 24.3. The molecule has 3 nitrogen and oxygen atoms in total. The van der Waals surface area contributed by atoms with Gasteiger partial charge in [-0.25, -0.2) is 0 Å². The molecule has 0 aromatic heterocycles. The molecule has 0 aliphatic carbocycles. The van der Waals surface area contributed by atoms with Crippen LogP contribution in [0, 0.1) is 0 Å². The fraction of sp³-hybridized carbons (Fsp3) is 0.189. The standard InChI is InChI=1S/C32H12BF24.C21H19O3S/c34-25(35,36)13-1-14(26(37,38)39)6-21(5-13)33(22-7-15(27(40,41)42)2-16(8-22)28(43,44)45,23-9-17(29(46,47)48)3-18(10-23)30(49,50)51)24-11-19(31(52,53)54)4-20(12-24)32(55,56)57;1-17(22)24-19-14-12-18(13-15-19)16-25(23,20-8-4-2-5-9-20)21-10-6-3-7-11-21/h1-12H;2-15H,16H2,1H3/q-1;+1. The molecule has 0 heterocycles. The first-order valence-electron chi connectivity index (χ1n) is 22.6. The van der Waals surface area contributed by atoms with Crippen molar-refractivity contribution in [1.29, 1.82) is 0 Å². The summed E-state index contributed by atoms with van der Waals surface area (Å²) in [5.41, 5.74) is -29.3. The van der Waals surface area contributed by atoms with Gasteiger partial charge in [-0.3, -0.25) is 4.79 Å². The molecule has 0 aliphatic rings. The van der Waals surface area contributed by atoms with E-state index in [-0.39, 0.29) is 5.97 Å². The van der Waals surface area contributed by atoms with E-state index in [0.29, 0.717) is 11.5 Å². The molecular weight excluding hydrogens is 1180 g/mol. The topological polar surface area (TPSA) is 43.4 Å². The summed E-state index contributed by atoms with van der Waals surface area (Å²) >= 11 is 0. The van der Waals surface area contributed by atoms with Gasteiger partial charge in [0.1, 0.15) is 17.6 Å². The molecule has 0 bridgehead atoms. The number of rotatable bonds is 9. The second-order valence-electron chi connectivity index (χ2n) is 17.9. The summed E-state index contributed by atoms with van der Waals surface area (Å²) < 4.78 is 360. The van der Waals surface area contributed by atoms with Crippen molar-refractivity contribution in [2.75, 3.05) is 0 Å². The number of hydrogen-bond acceptors (Lipinski definition) is 3. The maximum absolute atomic E-state index is 14.2. The average Bonchev–Trinajstić information content (AvgIpc) is 1.17. The predicted molar refractivity (Wildman–Crippen MR) is 249 cm³/mol. The fourth-order valence-corrected chi connectivity index (χ4v) is 11.2. The third-order valence-electron chi connectivity index (χ3n) is 12.2. The average molecular weight is 1210 g/mol. The van der Waals surface area contributed by atoms with E-state index in [1.165, 1.54) is 6.92 Å². The third kappa shape index (κ3) is 14.6. The maximum atomic E-state index is 14.2. The van der Waals surface area contributed by atoms with E-state index >= 15 is 0 Å². The van der Waals surface area contributed by atoms with Gasteiger partial charge in [-0.2, -0.15) is 127 Å². The van der Waals surface area contributed by atoms with Crippen LogP contribution in [0.2, 0.25) is 0 Å². The fourth-order valence-electron chi connectivity index (χ4n) is 8.71. The Bertz CT molecular complexity index is 2990. The molecule has 0 amide bonds. The quantitative estimate of drug-likeness (QED) is 0.0476.